The molecule has 1 heterocycles. The lowest BCUT2D eigenvalue weighted by molar-refractivity contribution is 0.0322. The Labute approximate surface area is 138 Å². The van der Waals surface area contributed by atoms with Gasteiger partial charge < -0.3 is 9.47 Å². The molecule has 0 spiro atoms. The van der Waals surface area contributed by atoms with Crippen LogP contribution in [0.5, 0.6) is 5.75 Å². The third-order valence-corrected chi connectivity index (χ3v) is 4.32. The van der Waals surface area contributed by atoms with E-state index in [2.05, 4.69) is 54.3 Å². The summed E-state index contributed by atoms with van der Waals surface area (Å²) in [7, 11) is 0. The van der Waals surface area contributed by atoms with Gasteiger partial charge in [-0.05, 0) is 29.2 Å². The van der Waals surface area contributed by atoms with E-state index in [4.69, 9.17) is 9.47 Å². The maximum Gasteiger partial charge on any atom is 0.123 e. The topological polar surface area (TPSA) is 21.7 Å². The van der Waals surface area contributed by atoms with Gasteiger partial charge in [0.15, 0.2) is 0 Å². The molecule has 0 unspecified atom stereocenters. The second kappa shape index (κ2) is 8.14. The number of aryl methyl sites for hydroxylation is 1. The van der Waals surface area contributed by atoms with Crippen LogP contribution in [-0.2, 0) is 11.2 Å². The minimum atomic E-state index is 0.727. The highest BCUT2D eigenvalue weighted by Gasteiger charge is 2.11. The summed E-state index contributed by atoms with van der Waals surface area (Å²) >= 11 is 0. The minimum absolute atomic E-state index is 0.727. The van der Waals surface area contributed by atoms with Crippen molar-refractivity contribution in [1.82, 2.24) is 4.90 Å². The standard InChI is InChI=1S/C20H25NO2/c1-2-17-8-9-19(18-6-4-3-5-7-18)16-20(17)23-15-12-21-10-13-22-14-11-21/h3-9,16H,2,10-15H2,1H3. The average molecular weight is 311 g/mol. The quantitative estimate of drug-likeness (QED) is 0.813. The molecule has 0 amide bonds. The van der Waals surface area contributed by atoms with Crippen molar-refractivity contribution in [2.45, 2.75) is 13.3 Å². The maximum atomic E-state index is 6.11. The molecule has 2 aromatic rings. The monoisotopic (exact) mass is 311 g/mol. The molecule has 0 saturated carbocycles. The molecule has 3 nitrogen and oxygen atoms in total. The van der Waals surface area contributed by atoms with Gasteiger partial charge in [-0.3, -0.25) is 4.90 Å². The largest absolute Gasteiger partial charge is 0.492 e. The number of hydrogen-bond acceptors (Lipinski definition) is 3. The van der Waals surface area contributed by atoms with E-state index in [1.165, 1.54) is 16.7 Å². The summed E-state index contributed by atoms with van der Waals surface area (Å²) in [5, 5.41) is 0. The van der Waals surface area contributed by atoms with Crippen molar-refractivity contribution in [2.75, 3.05) is 39.5 Å². The van der Waals surface area contributed by atoms with E-state index in [0.29, 0.717) is 0 Å². The summed E-state index contributed by atoms with van der Waals surface area (Å²) in [5.41, 5.74) is 3.71. The Kier molecular flexibility index (Phi) is 5.67. The fourth-order valence-electron chi connectivity index (χ4n) is 2.90. The molecule has 2 aromatic carbocycles. The summed E-state index contributed by atoms with van der Waals surface area (Å²) in [5.74, 6) is 1.02. The van der Waals surface area contributed by atoms with Gasteiger partial charge >= 0.3 is 0 Å². The Morgan fingerprint density at radius 2 is 1.78 bits per heavy atom. The van der Waals surface area contributed by atoms with Crippen LogP contribution in [0.4, 0.5) is 0 Å². The van der Waals surface area contributed by atoms with E-state index in [1.54, 1.807) is 0 Å². The molecule has 1 aliphatic rings. The number of benzene rings is 2. The molecule has 23 heavy (non-hydrogen) atoms. The number of ether oxygens (including phenoxy) is 2. The Hall–Kier alpha value is -1.84. The first-order valence-electron chi connectivity index (χ1n) is 8.48. The van der Waals surface area contributed by atoms with Crippen molar-refractivity contribution in [3.05, 3.63) is 54.1 Å². The molecule has 0 aliphatic carbocycles. The van der Waals surface area contributed by atoms with Gasteiger partial charge in [0, 0.05) is 19.6 Å². The summed E-state index contributed by atoms with van der Waals surface area (Å²) in [6.45, 7) is 7.55. The van der Waals surface area contributed by atoms with Gasteiger partial charge in [0.05, 0.1) is 13.2 Å². The van der Waals surface area contributed by atoms with Crippen LogP contribution in [0.25, 0.3) is 11.1 Å². The van der Waals surface area contributed by atoms with Crippen molar-refractivity contribution in [1.29, 1.82) is 0 Å². The molecule has 1 fully saturated rings. The lowest BCUT2D eigenvalue weighted by atomic mass is 10.0. The third-order valence-electron chi connectivity index (χ3n) is 4.32. The van der Waals surface area contributed by atoms with E-state index < -0.39 is 0 Å². The number of hydrogen-bond donors (Lipinski definition) is 0. The van der Waals surface area contributed by atoms with E-state index in [1.807, 2.05) is 6.07 Å². The second-order valence-electron chi connectivity index (χ2n) is 5.84. The fourth-order valence-corrected chi connectivity index (χ4v) is 2.90. The summed E-state index contributed by atoms with van der Waals surface area (Å²) < 4.78 is 11.5. The van der Waals surface area contributed by atoms with Gasteiger partial charge in [0.25, 0.3) is 0 Å². The molecule has 1 saturated heterocycles. The predicted molar refractivity (Wildman–Crippen MR) is 94.0 cm³/mol. The van der Waals surface area contributed by atoms with E-state index in [9.17, 15) is 0 Å². The highest BCUT2D eigenvalue weighted by atomic mass is 16.5. The average Bonchev–Trinajstić information content (AvgIpc) is 2.63. The molecule has 0 N–H and O–H groups in total. The van der Waals surface area contributed by atoms with E-state index in [0.717, 1.165) is 51.6 Å². The summed E-state index contributed by atoms with van der Waals surface area (Å²) in [4.78, 5) is 2.40. The molecule has 122 valence electrons. The molecule has 0 bridgehead atoms. The van der Waals surface area contributed by atoms with Gasteiger partial charge in [0.1, 0.15) is 12.4 Å². The van der Waals surface area contributed by atoms with Crippen LogP contribution >= 0.6 is 0 Å². The molecule has 1 aliphatic heterocycles. The van der Waals surface area contributed by atoms with E-state index >= 15 is 0 Å². The van der Waals surface area contributed by atoms with Gasteiger partial charge in [-0.25, -0.2) is 0 Å². The first-order chi connectivity index (χ1) is 11.4. The lowest BCUT2D eigenvalue weighted by Crippen LogP contribution is -2.38. The van der Waals surface area contributed by atoms with Crippen LogP contribution in [0.1, 0.15) is 12.5 Å². The summed E-state index contributed by atoms with van der Waals surface area (Å²) in [6, 6.07) is 17.0. The zero-order valence-corrected chi connectivity index (χ0v) is 13.8. The molecule has 3 heteroatoms. The minimum Gasteiger partial charge on any atom is -0.492 e. The fraction of sp³-hybridized carbons (Fsp3) is 0.400. The number of morpholine rings is 1. The lowest BCUT2D eigenvalue weighted by Gasteiger charge is -2.26. The smallest absolute Gasteiger partial charge is 0.123 e. The highest BCUT2D eigenvalue weighted by Crippen LogP contribution is 2.27. The zero-order chi connectivity index (χ0) is 15.9. The molecule has 3 rings (SSSR count). The molecule has 0 atom stereocenters. The molecule has 0 aromatic heterocycles. The Bertz CT molecular complexity index is 606. The highest BCUT2D eigenvalue weighted by molar-refractivity contribution is 5.66. The molecular weight excluding hydrogens is 286 g/mol. The Balaban J connectivity index is 1.67. The first kappa shape index (κ1) is 16.0. The Morgan fingerprint density at radius 1 is 1.00 bits per heavy atom. The van der Waals surface area contributed by atoms with Crippen LogP contribution in [0.2, 0.25) is 0 Å². The number of nitrogens with zero attached hydrogens (tertiary/aromatic N) is 1. The molecule has 0 radical (unpaired) electrons. The normalized spacial score (nSPS) is 15.5. The van der Waals surface area contributed by atoms with E-state index in [-0.39, 0.29) is 0 Å². The van der Waals surface area contributed by atoms with Crippen LogP contribution in [0, 0.1) is 0 Å². The van der Waals surface area contributed by atoms with Crippen LogP contribution < -0.4 is 4.74 Å². The maximum absolute atomic E-state index is 6.11. The van der Waals surface area contributed by atoms with Gasteiger partial charge in [-0.2, -0.15) is 0 Å². The second-order valence-corrected chi connectivity index (χ2v) is 5.84. The molecular formula is C20H25NO2. The van der Waals surface area contributed by atoms with Gasteiger partial charge in [0.2, 0.25) is 0 Å². The van der Waals surface area contributed by atoms with Gasteiger partial charge in [-0.1, -0.05) is 49.4 Å². The van der Waals surface area contributed by atoms with Crippen molar-refractivity contribution >= 4 is 0 Å². The zero-order valence-electron chi connectivity index (χ0n) is 13.8. The SMILES string of the molecule is CCc1ccc(-c2ccccc2)cc1OCCN1CCOCC1. The van der Waals surface area contributed by atoms with Crippen LogP contribution in [0.3, 0.4) is 0 Å². The van der Waals surface area contributed by atoms with Gasteiger partial charge in [-0.15, -0.1) is 0 Å². The van der Waals surface area contributed by atoms with Crippen molar-refractivity contribution in [3.8, 4) is 16.9 Å². The summed E-state index contributed by atoms with van der Waals surface area (Å²) in [6.07, 6.45) is 0.988. The number of rotatable bonds is 6. The first-order valence-corrected chi connectivity index (χ1v) is 8.48. The van der Waals surface area contributed by atoms with Crippen molar-refractivity contribution < 1.29 is 9.47 Å². The Morgan fingerprint density at radius 3 is 2.52 bits per heavy atom. The third kappa shape index (κ3) is 4.34. The van der Waals surface area contributed by atoms with Crippen LogP contribution in [-0.4, -0.2) is 44.4 Å². The van der Waals surface area contributed by atoms with Crippen molar-refractivity contribution in [3.63, 3.8) is 0 Å². The predicted octanol–water partition coefficient (Wildman–Crippen LogP) is 3.63. The van der Waals surface area contributed by atoms with Crippen molar-refractivity contribution in [2.24, 2.45) is 0 Å². The van der Waals surface area contributed by atoms with Crippen LogP contribution in [0.15, 0.2) is 48.5 Å².